The van der Waals surface area contributed by atoms with Gasteiger partial charge in [0, 0.05) is 26.2 Å². The number of aromatic nitrogens is 4. The lowest BCUT2D eigenvalue weighted by Gasteiger charge is -2.36. The van der Waals surface area contributed by atoms with E-state index in [0.717, 1.165) is 48.7 Å². The molecule has 4 aromatic rings. The van der Waals surface area contributed by atoms with Crippen LogP contribution in [0.5, 0.6) is 0 Å². The highest BCUT2D eigenvalue weighted by atomic mass is 19.1. The predicted octanol–water partition coefficient (Wildman–Crippen LogP) is 2.74. The smallest absolute Gasteiger partial charge is 0.204 e. The molecule has 2 aromatic carbocycles. The van der Waals surface area contributed by atoms with Crippen molar-refractivity contribution in [2.24, 2.45) is 0 Å². The lowest BCUT2D eigenvalue weighted by molar-refractivity contribution is 0.596. The van der Waals surface area contributed by atoms with Crippen molar-refractivity contribution in [1.82, 2.24) is 19.6 Å². The Morgan fingerprint density at radius 1 is 0.846 bits per heavy atom. The van der Waals surface area contributed by atoms with Crippen LogP contribution in [0.4, 0.5) is 15.9 Å². The van der Waals surface area contributed by atoms with E-state index in [0.29, 0.717) is 5.69 Å². The molecule has 0 bridgehead atoms. The summed E-state index contributed by atoms with van der Waals surface area (Å²) in [5.74, 6) is 0.652. The second-order valence-electron chi connectivity index (χ2n) is 6.37. The number of nitrogens with zero attached hydrogens (tertiary/aromatic N) is 6. The fraction of sp³-hybridized carbons (Fsp3) is 0.211. The Morgan fingerprint density at radius 2 is 1.58 bits per heavy atom. The largest absolute Gasteiger partial charge is 0.366 e. The van der Waals surface area contributed by atoms with Gasteiger partial charge < -0.3 is 9.80 Å². The van der Waals surface area contributed by atoms with Gasteiger partial charge in [0.1, 0.15) is 12.1 Å². The standard InChI is InChI=1S/C19H17FN6/c20-14-5-1-3-7-16(14)24-9-11-25(12-10-24)18-19-23-21-13-26(19)17-8-4-2-6-15(17)22-18/h1-8,13H,9-12H2. The normalized spacial score (nSPS) is 15.1. The summed E-state index contributed by atoms with van der Waals surface area (Å²) in [7, 11) is 0. The van der Waals surface area contributed by atoms with E-state index in [9.17, 15) is 4.39 Å². The summed E-state index contributed by atoms with van der Waals surface area (Å²) in [5, 5.41) is 8.34. The van der Waals surface area contributed by atoms with Gasteiger partial charge in [0.05, 0.1) is 16.7 Å². The monoisotopic (exact) mass is 348 g/mol. The molecule has 0 unspecified atom stereocenters. The van der Waals surface area contributed by atoms with E-state index in [4.69, 9.17) is 4.98 Å². The summed E-state index contributed by atoms with van der Waals surface area (Å²) in [6, 6.07) is 14.9. The Labute approximate surface area is 149 Å². The summed E-state index contributed by atoms with van der Waals surface area (Å²) >= 11 is 0. The SMILES string of the molecule is Fc1ccccc1N1CCN(c2nc3ccccc3n3cnnc23)CC1. The van der Waals surface area contributed by atoms with Gasteiger partial charge in [-0.3, -0.25) is 4.40 Å². The highest BCUT2D eigenvalue weighted by Crippen LogP contribution is 2.26. The van der Waals surface area contributed by atoms with Crippen molar-refractivity contribution in [3.05, 3.63) is 60.7 Å². The van der Waals surface area contributed by atoms with Crippen molar-refractivity contribution in [2.75, 3.05) is 36.0 Å². The Bertz CT molecular complexity index is 1080. The molecule has 0 aliphatic carbocycles. The Hall–Kier alpha value is -3.22. The average molecular weight is 348 g/mol. The number of para-hydroxylation sites is 3. The first-order valence-corrected chi connectivity index (χ1v) is 8.64. The van der Waals surface area contributed by atoms with Crippen molar-refractivity contribution in [2.45, 2.75) is 0 Å². The molecule has 5 rings (SSSR count). The summed E-state index contributed by atoms with van der Waals surface area (Å²) < 4.78 is 16.0. The lowest BCUT2D eigenvalue weighted by Crippen LogP contribution is -2.47. The zero-order valence-electron chi connectivity index (χ0n) is 14.1. The van der Waals surface area contributed by atoms with Crippen molar-refractivity contribution in [3.63, 3.8) is 0 Å². The van der Waals surface area contributed by atoms with Crippen LogP contribution in [0.25, 0.3) is 16.7 Å². The van der Waals surface area contributed by atoms with Gasteiger partial charge in [-0.15, -0.1) is 10.2 Å². The van der Waals surface area contributed by atoms with E-state index >= 15 is 0 Å². The molecule has 3 heterocycles. The molecule has 0 radical (unpaired) electrons. The van der Waals surface area contributed by atoms with Crippen LogP contribution in [0.15, 0.2) is 54.9 Å². The van der Waals surface area contributed by atoms with Crippen LogP contribution < -0.4 is 9.80 Å². The van der Waals surface area contributed by atoms with Crippen LogP contribution in [0.2, 0.25) is 0 Å². The summed E-state index contributed by atoms with van der Waals surface area (Å²) in [6.07, 6.45) is 1.72. The second kappa shape index (κ2) is 5.94. The first-order chi connectivity index (χ1) is 12.8. The van der Waals surface area contributed by atoms with E-state index in [1.54, 1.807) is 12.4 Å². The van der Waals surface area contributed by atoms with Crippen LogP contribution in [0.3, 0.4) is 0 Å². The van der Waals surface area contributed by atoms with Gasteiger partial charge in [0.2, 0.25) is 5.65 Å². The molecular weight excluding hydrogens is 331 g/mol. The average Bonchev–Trinajstić information content (AvgIpc) is 3.18. The summed E-state index contributed by atoms with van der Waals surface area (Å²) in [6.45, 7) is 2.97. The van der Waals surface area contributed by atoms with Crippen LogP contribution in [0, 0.1) is 5.82 Å². The second-order valence-corrected chi connectivity index (χ2v) is 6.37. The molecule has 1 aliphatic heterocycles. The molecule has 1 aliphatic rings. The first kappa shape index (κ1) is 15.1. The minimum absolute atomic E-state index is 0.176. The molecule has 26 heavy (non-hydrogen) atoms. The zero-order chi connectivity index (χ0) is 17.5. The number of rotatable bonds is 2. The van der Waals surface area contributed by atoms with Gasteiger partial charge in [-0.25, -0.2) is 9.37 Å². The van der Waals surface area contributed by atoms with Gasteiger partial charge in [-0.05, 0) is 24.3 Å². The molecule has 130 valence electrons. The van der Waals surface area contributed by atoms with Crippen molar-refractivity contribution >= 4 is 28.2 Å². The number of benzene rings is 2. The summed E-state index contributed by atoms with van der Waals surface area (Å²) in [4.78, 5) is 9.10. The predicted molar refractivity (Wildman–Crippen MR) is 99.1 cm³/mol. The third-order valence-electron chi connectivity index (χ3n) is 4.89. The molecule has 0 saturated carbocycles. The number of hydrogen-bond acceptors (Lipinski definition) is 5. The van der Waals surface area contributed by atoms with Gasteiger partial charge in [-0.1, -0.05) is 24.3 Å². The summed E-state index contributed by atoms with van der Waals surface area (Å²) in [5.41, 5.74) is 3.31. The number of anilines is 2. The number of fused-ring (bicyclic) bond motifs is 3. The van der Waals surface area contributed by atoms with Gasteiger partial charge >= 0.3 is 0 Å². The third kappa shape index (κ3) is 2.35. The van der Waals surface area contributed by atoms with Crippen molar-refractivity contribution in [3.8, 4) is 0 Å². The minimum Gasteiger partial charge on any atom is -0.366 e. The van der Waals surface area contributed by atoms with Crippen molar-refractivity contribution < 1.29 is 4.39 Å². The highest BCUT2D eigenvalue weighted by molar-refractivity contribution is 5.82. The maximum absolute atomic E-state index is 14.0. The Balaban J connectivity index is 1.48. The molecular formula is C19H17FN6. The molecule has 0 N–H and O–H groups in total. The lowest BCUT2D eigenvalue weighted by atomic mass is 10.2. The number of halogens is 1. The van der Waals surface area contributed by atoms with E-state index in [1.165, 1.54) is 6.07 Å². The van der Waals surface area contributed by atoms with Crippen LogP contribution in [-0.4, -0.2) is 45.8 Å². The van der Waals surface area contributed by atoms with Crippen LogP contribution in [0.1, 0.15) is 0 Å². The zero-order valence-corrected chi connectivity index (χ0v) is 14.1. The molecule has 6 nitrogen and oxygen atoms in total. The maximum Gasteiger partial charge on any atom is 0.204 e. The van der Waals surface area contributed by atoms with E-state index in [2.05, 4.69) is 20.0 Å². The minimum atomic E-state index is -0.176. The van der Waals surface area contributed by atoms with Gasteiger partial charge in [-0.2, -0.15) is 0 Å². The molecule has 2 aromatic heterocycles. The fourth-order valence-electron chi connectivity index (χ4n) is 3.57. The van der Waals surface area contributed by atoms with Crippen LogP contribution in [-0.2, 0) is 0 Å². The quantitative estimate of drug-likeness (QED) is 0.557. The first-order valence-electron chi connectivity index (χ1n) is 8.64. The number of piperazine rings is 1. The maximum atomic E-state index is 14.0. The molecule has 0 atom stereocenters. The number of hydrogen-bond donors (Lipinski definition) is 0. The van der Waals surface area contributed by atoms with Crippen LogP contribution >= 0.6 is 0 Å². The van der Waals surface area contributed by atoms with Gasteiger partial charge in [0.25, 0.3) is 0 Å². The molecule has 0 amide bonds. The Kier molecular flexibility index (Phi) is 3.44. The van der Waals surface area contributed by atoms with Crippen molar-refractivity contribution in [1.29, 1.82) is 0 Å². The van der Waals surface area contributed by atoms with E-state index in [-0.39, 0.29) is 5.82 Å². The molecule has 0 spiro atoms. The third-order valence-corrected chi connectivity index (χ3v) is 4.89. The topological polar surface area (TPSA) is 49.6 Å². The molecule has 1 fully saturated rings. The highest BCUT2D eigenvalue weighted by Gasteiger charge is 2.23. The van der Waals surface area contributed by atoms with E-state index < -0.39 is 0 Å². The van der Waals surface area contributed by atoms with E-state index in [1.807, 2.05) is 40.8 Å². The molecule has 7 heteroatoms. The molecule has 1 saturated heterocycles. The van der Waals surface area contributed by atoms with Gasteiger partial charge in [0.15, 0.2) is 5.82 Å². The fourth-order valence-corrected chi connectivity index (χ4v) is 3.57. The Morgan fingerprint density at radius 3 is 2.42 bits per heavy atom.